The number of halogens is 2. The molecule has 2 N–H and O–H groups in total. The predicted octanol–water partition coefficient (Wildman–Crippen LogP) is 3.30. The Balaban J connectivity index is 1.60. The Morgan fingerprint density at radius 1 is 1.21 bits per heavy atom. The summed E-state index contributed by atoms with van der Waals surface area (Å²) in [5.74, 6) is -3.50. The summed E-state index contributed by atoms with van der Waals surface area (Å²) in [4.78, 5) is 47.3. The number of hydrogen-bond acceptors (Lipinski definition) is 8. The van der Waals surface area contributed by atoms with E-state index >= 15 is 0 Å². The van der Waals surface area contributed by atoms with Crippen LogP contribution < -0.4 is 16.2 Å². The Kier molecular flexibility index (Phi) is 4.74. The molecule has 0 aromatic carbocycles. The topological polar surface area (TPSA) is 115 Å². The normalized spacial score (nSPS) is 18.2. The van der Waals surface area contributed by atoms with Gasteiger partial charge in [0.1, 0.15) is 38.9 Å². The van der Waals surface area contributed by atoms with Crippen molar-refractivity contribution in [3.05, 3.63) is 44.9 Å². The molecule has 3 aromatic heterocycles. The zero-order valence-electron chi connectivity index (χ0n) is 17.7. The van der Waals surface area contributed by atoms with E-state index in [0.717, 1.165) is 11.3 Å². The number of hydrogen-bond donors (Lipinski definition) is 2. The van der Waals surface area contributed by atoms with E-state index in [1.165, 1.54) is 24.1 Å². The van der Waals surface area contributed by atoms with Gasteiger partial charge in [-0.1, -0.05) is 0 Å². The van der Waals surface area contributed by atoms with Crippen LogP contribution in [-0.4, -0.2) is 39.4 Å². The fourth-order valence-electron chi connectivity index (χ4n) is 4.51. The molecule has 12 heteroatoms. The van der Waals surface area contributed by atoms with Gasteiger partial charge in [0.15, 0.2) is 0 Å². The maximum atomic E-state index is 13.8. The first-order valence-electron chi connectivity index (χ1n) is 10.2. The van der Waals surface area contributed by atoms with Gasteiger partial charge < -0.3 is 15.4 Å². The number of carbonyl (C=O) groups excluding carboxylic acids is 2. The van der Waals surface area contributed by atoms with Crippen LogP contribution in [-0.2, 0) is 10.4 Å². The summed E-state index contributed by atoms with van der Waals surface area (Å²) in [6, 6.07) is 3.10. The number of anilines is 2. The quantitative estimate of drug-likeness (QED) is 0.559. The number of alkyl halides is 2. The number of aryl methyl sites for hydroxylation is 1. The standard InChI is InChI=1S/C21H19F2N5O4S/c1-10-7-12(26-15-11-8-13(19(31)32-2)33-17(11)25-9-24-15)18(30)28-14(10)16(29)27-21(28)5-3-20(22,23)4-6-21/h7-9H,3-6H2,1-2H3,(H,27,29)(H,24,25,26). The maximum absolute atomic E-state index is 13.8. The molecule has 5 rings (SSSR count). The van der Waals surface area contributed by atoms with E-state index in [1.54, 1.807) is 13.0 Å². The van der Waals surface area contributed by atoms with Crippen molar-refractivity contribution in [2.45, 2.75) is 44.2 Å². The fourth-order valence-corrected chi connectivity index (χ4v) is 5.43. The van der Waals surface area contributed by atoms with Crippen LogP contribution in [0.1, 0.15) is 51.4 Å². The molecule has 1 amide bonds. The largest absolute Gasteiger partial charge is 0.465 e. The second-order valence-electron chi connectivity index (χ2n) is 8.24. The molecule has 0 saturated heterocycles. The first-order valence-corrected chi connectivity index (χ1v) is 11.0. The molecule has 0 radical (unpaired) electrons. The SMILES string of the molecule is COC(=O)c1cc2c(Nc3cc(C)c4n(c3=O)C3(CCC(F)(F)CC3)NC4=O)ncnc2s1. The van der Waals surface area contributed by atoms with Gasteiger partial charge in [0.05, 0.1) is 12.5 Å². The van der Waals surface area contributed by atoms with Crippen molar-refractivity contribution in [3.63, 3.8) is 0 Å². The molecule has 0 bridgehead atoms. The van der Waals surface area contributed by atoms with Crippen molar-refractivity contribution in [2.24, 2.45) is 0 Å². The molecule has 1 aliphatic carbocycles. The highest BCUT2D eigenvalue weighted by molar-refractivity contribution is 7.20. The van der Waals surface area contributed by atoms with E-state index in [1.807, 2.05) is 0 Å². The molecule has 1 spiro atoms. The molecule has 3 aromatic rings. The third kappa shape index (κ3) is 3.36. The van der Waals surface area contributed by atoms with Gasteiger partial charge in [0, 0.05) is 12.8 Å². The highest BCUT2D eigenvalue weighted by Crippen LogP contribution is 2.43. The first kappa shape index (κ1) is 21.4. The highest BCUT2D eigenvalue weighted by Gasteiger charge is 2.51. The summed E-state index contributed by atoms with van der Waals surface area (Å²) in [7, 11) is 1.28. The Morgan fingerprint density at radius 3 is 2.64 bits per heavy atom. The van der Waals surface area contributed by atoms with Crippen LogP contribution in [0.4, 0.5) is 20.3 Å². The number of methoxy groups -OCH3 is 1. The Hall–Kier alpha value is -3.41. The Morgan fingerprint density at radius 2 is 1.94 bits per heavy atom. The number of nitrogens with one attached hydrogen (secondary N) is 2. The summed E-state index contributed by atoms with van der Waals surface area (Å²) in [5.41, 5.74) is -0.874. The van der Waals surface area contributed by atoms with E-state index < -0.39 is 41.9 Å². The van der Waals surface area contributed by atoms with Gasteiger partial charge in [-0.2, -0.15) is 0 Å². The summed E-state index contributed by atoms with van der Waals surface area (Å²) >= 11 is 1.13. The van der Waals surface area contributed by atoms with Gasteiger partial charge in [-0.15, -0.1) is 11.3 Å². The van der Waals surface area contributed by atoms with Crippen molar-refractivity contribution >= 4 is 44.9 Å². The number of esters is 1. The van der Waals surface area contributed by atoms with Crippen LogP contribution in [0, 0.1) is 6.92 Å². The number of aromatic nitrogens is 3. The number of rotatable bonds is 3. The van der Waals surface area contributed by atoms with E-state index in [4.69, 9.17) is 4.74 Å². The number of fused-ring (bicyclic) bond motifs is 3. The van der Waals surface area contributed by atoms with Gasteiger partial charge >= 0.3 is 5.97 Å². The van der Waals surface area contributed by atoms with Crippen molar-refractivity contribution in [2.75, 3.05) is 12.4 Å². The number of carbonyl (C=O) groups is 2. The van der Waals surface area contributed by atoms with E-state index in [2.05, 4.69) is 20.6 Å². The second-order valence-corrected chi connectivity index (χ2v) is 9.27. The minimum atomic E-state index is -2.82. The summed E-state index contributed by atoms with van der Waals surface area (Å²) in [5, 5.41) is 6.30. The lowest BCUT2D eigenvalue weighted by Crippen LogP contribution is -2.51. The fraction of sp³-hybridized carbons (Fsp3) is 0.381. The van der Waals surface area contributed by atoms with Crippen LogP contribution in [0.2, 0.25) is 0 Å². The first-order chi connectivity index (χ1) is 15.6. The predicted molar refractivity (Wildman–Crippen MR) is 116 cm³/mol. The van der Waals surface area contributed by atoms with E-state index in [9.17, 15) is 23.2 Å². The minimum absolute atomic E-state index is 0.0493. The van der Waals surface area contributed by atoms with Crippen molar-refractivity contribution < 1.29 is 23.1 Å². The van der Waals surface area contributed by atoms with Crippen LogP contribution >= 0.6 is 11.3 Å². The molecule has 1 fully saturated rings. The van der Waals surface area contributed by atoms with Crippen LogP contribution in [0.3, 0.4) is 0 Å². The van der Waals surface area contributed by atoms with E-state index in [0.29, 0.717) is 26.5 Å². The lowest BCUT2D eigenvalue weighted by Gasteiger charge is -2.38. The smallest absolute Gasteiger partial charge is 0.348 e. The Labute approximate surface area is 189 Å². The van der Waals surface area contributed by atoms with Crippen molar-refractivity contribution in [3.8, 4) is 0 Å². The highest BCUT2D eigenvalue weighted by atomic mass is 32.1. The van der Waals surface area contributed by atoms with Gasteiger partial charge in [-0.05, 0) is 37.5 Å². The van der Waals surface area contributed by atoms with Crippen LogP contribution in [0.25, 0.3) is 10.2 Å². The molecule has 2 aliphatic rings. The lowest BCUT2D eigenvalue weighted by molar-refractivity contribution is -0.0667. The summed E-state index contributed by atoms with van der Waals surface area (Å²) in [6.07, 6.45) is 0.357. The third-order valence-corrected chi connectivity index (χ3v) is 7.18. The molecule has 0 atom stereocenters. The number of amides is 1. The van der Waals surface area contributed by atoms with Crippen molar-refractivity contribution in [1.82, 2.24) is 19.9 Å². The average Bonchev–Trinajstić information content (AvgIpc) is 3.34. The molecule has 1 aliphatic heterocycles. The van der Waals surface area contributed by atoms with Gasteiger partial charge in [0.25, 0.3) is 11.5 Å². The lowest BCUT2D eigenvalue weighted by atomic mass is 9.86. The van der Waals surface area contributed by atoms with Gasteiger partial charge in [-0.3, -0.25) is 14.2 Å². The molecule has 172 valence electrons. The zero-order valence-corrected chi connectivity index (χ0v) is 18.5. The maximum Gasteiger partial charge on any atom is 0.348 e. The molecule has 0 unspecified atom stereocenters. The molecule has 33 heavy (non-hydrogen) atoms. The molecule has 1 saturated carbocycles. The Bertz CT molecular complexity index is 1370. The number of nitrogens with zero attached hydrogens (tertiary/aromatic N) is 3. The van der Waals surface area contributed by atoms with Crippen molar-refractivity contribution in [1.29, 1.82) is 0 Å². The molecule has 9 nitrogen and oxygen atoms in total. The summed E-state index contributed by atoms with van der Waals surface area (Å²) in [6.45, 7) is 1.68. The summed E-state index contributed by atoms with van der Waals surface area (Å²) < 4.78 is 33.7. The van der Waals surface area contributed by atoms with E-state index in [-0.39, 0.29) is 24.2 Å². The average molecular weight is 475 g/mol. The van der Waals surface area contributed by atoms with Crippen LogP contribution in [0.5, 0.6) is 0 Å². The monoisotopic (exact) mass is 475 g/mol. The van der Waals surface area contributed by atoms with Crippen LogP contribution in [0.15, 0.2) is 23.3 Å². The molecule has 4 heterocycles. The third-order valence-electron chi connectivity index (χ3n) is 6.16. The number of ether oxygens (including phenoxy) is 1. The molecular weight excluding hydrogens is 456 g/mol. The number of pyridine rings is 1. The molecular formula is C21H19F2N5O4S. The van der Waals surface area contributed by atoms with Gasteiger partial charge in [0.2, 0.25) is 5.92 Å². The minimum Gasteiger partial charge on any atom is -0.465 e. The van der Waals surface area contributed by atoms with Gasteiger partial charge in [-0.25, -0.2) is 23.5 Å². The number of thiophene rings is 1. The second kappa shape index (κ2) is 7.30. The zero-order chi connectivity index (χ0) is 23.5.